The number of methoxy groups -OCH3 is 1. The van der Waals surface area contributed by atoms with Crippen molar-refractivity contribution in [3.05, 3.63) is 47.5 Å². The summed E-state index contributed by atoms with van der Waals surface area (Å²) in [4.78, 5) is 23.6. The summed E-state index contributed by atoms with van der Waals surface area (Å²) in [6, 6.07) is 7.97. The number of aromatic nitrogens is 2. The number of carbonyl (C=O) groups excluding carboxylic acids is 1. The molecule has 9 nitrogen and oxygen atoms in total. The number of likely N-dealkylation sites (tertiary alicyclic amines) is 1. The molecule has 2 fully saturated rings. The Hall–Kier alpha value is -3.21. The molecule has 1 unspecified atom stereocenters. The topological polar surface area (TPSA) is 97.8 Å². The SMILES string of the molecule is COc1cc2ncnc(Nc3cccc(Cl)c3F)c2cc1O[C@@H]1C[C@@H](C(=O)NC2CCCOC2)N(C)C1. The van der Waals surface area contributed by atoms with Gasteiger partial charge in [-0.1, -0.05) is 17.7 Å². The Morgan fingerprint density at radius 1 is 1.27 bits per heavy atom. The van der Waals surface area contributed by atoms with Crippen LogP contribution in [0.4, 0.5) is 15.9 Å². The molecular weight excluding hydrogens is 501 g/mol. The normalized spacial score (nSPS) is 22.1. The van der Waals surface area contributed by atoms with Crippen molar-refractivity contribution < 1.29 is 23.4 Å². The number of nitrogens with zero attached hydrogens (tertiary/aromatic N) is 3. The van der Waals surface area contributed by atoms with Crippen molar-refractivity contribution in [2.45, 2.75) is 37.5 Å². The number of nitrogens with one attached hydrogen (secondary N) is 2. The van der Waals surface area contributed by atoms with Crippen molar-refractivity contribution in [3.8, 4) is 11.5 Å². The molecule has 37 heavy (non-hydrogen) atoms. The Morgan fingerprint density at radius 2 is 2.14 bits per heavy atom. The molecule has 0 aliphatic carbocycles. The number of carbonyl (C=O) groups is 1. The van der Waals surface area contributed by atoms with Crippen molar-refractivity contribution in [3.63, 3.8) is 0 Å². The molecule has 3 atom stereocenters. The zero-order valence-corrected chi connectivity index (χ0v) is 21.4. The third kappa shape index (κ3) is 5.56. The standard InChI is InChI=1S/C26H29ClFN5O4/c1-33-12-16(9-21(33)26(34)31-15-5-4-8-36-13-15)37-23-10-17-20(11-22(23)35-2)29-14-30-25(17)32-19-7-3-6-18(27)24(19)28/h3,6-7,10-11,14-16,21H,4-5,8-9,12-13H2,1-2H3,(H,31,34)(H,29,30,32)/t15?,16-,21+/m1/s1. The molecule has 0 saturated carbocycles. The molecule has 2 saturated heterocycles. The van der Waals surface area contributed by atoms with Gasteiger partial charge in [-0.05, 0) is 38.1 Å². The van der Waals surface area contributed by atoms with E-state index >= 15 is 0 Å². The predicted octanol–water partition coefficient (Wildman–Crippen LogP) is 3.92. The van der Waals surface area contributed by atoms with Crippen LogP contribution in [0.5, 0.6) is 11.5 Å². The molecule has 1 amide bonds. The van der Waals surface area contributed by atoms with Crippen molar-refractivity contribution in [1.82, 2.24) is 20.2 Å². The summed E-state index contributed by atoms with van der Waals surface area (Å²) in [7, 11) is 3.47. The van der Waals surface area contributed by atoms with Crippen LogP contribution in [0.25, 0.3) is 10.9 Å². The lowest BCUT2D eigenvalue weighted by Crippen LogP contribution is -2.48. The van der Waals surface area contributed by atoms with E-state index in [0.29, 0.717) is 47.8 Å². The molecule has 2 aliphatic heterocycles. The number of rotatable bonds is 7. The highest BCUT2D eigenvalue weighted by Gasteiger charge is 2.37. The summed E-state index contributed by atoms with van der Waals surface area (Å²) in [6.07, 6.45) is 3.55. The number of hydrogen-bond donors (Lipinski definition) is 2. The summed E-state index contributed by atoms with van der Waals surface area (Å²) in [6.45, 7) is 1.87. The maximum absolute atomic E-state index is 14.5. The maximum Gasteiger partial charge on any atom is 0.237 e. The first-order valence-corrected chi connectivity index (χ1v) is 12.6. The Labute approximate surface area is 219 Å². The number of hydrogen-bond acceptors (Lipinski definition) is 8. The van der Waals surface area contributed by atoms with Gasteiger partial charge < -0.3 is 24.8 Å². The summed E-state index contributed by atoms with van der Waals surface area (Å²) < 4.78 is 31.9. The van der Waals surface area contributed by atoms with E-state index in [4.69, 9.17) is 25.8 Å². The van der Waals surface area contributed by atoms with Crippen molar-refractivity contribution in [2.24, 2.45) is 0 Å². The average molecular weight is 530 g/mol. The number of likely N-dealkylation sites (N-methyl/N-ethyl adjacent to an activating group) is 1. The molecule has 1 aromatic heterocycles. The van der Waals surface area contributed by atoms with Crippen LogP contribution in [-0.2, 0) is 9.53 Å². The number of fused-ring (bicyclic) bond motifs is 1. The molecule has 5 rings (SSSR count). The van der Waals surface area contributed by atoms with Crippen LogP contribution in [0.15, 0.2) is 36.7 Å². The number of anilines is 2. The van der Waals surface area contributed by atoms with Crippen LogP contribution in [-0.4, -0.2) is 72.9 Å². The Balaban J connectivity index is 1.35. The van der Waals surface area contributed by atoms with Crippen LogP contribution < -0.4 is 20.1 Å². The van der Waals surface area contributed by atoms with Crippen LogP contribution in [0, 0.1) is 5.82 Å². The number of halogens is 2. The molecule has 3 aromatic rings. The minimum Gasteiger partial charge on any atom is -0.493 e. The highest BCUT2D eigenvalue weighted by molar-refractivity contribution is 6.31. The van der Waals surface area contributed by atoms with E-state index in [0.717, 1.165) is 19.4 Å². The fourth-order valence-electron chi connectivity index (χ4n) is 4.82. The van der Waals surface area contributed by atoms with Gasteiger partial charge in [0, 0.05) is 31.0 Å². The van der Waals surface area contributed by atoms with E-state index in [9.17, 15) is 9.18 Å². The second-order valence-corrected chi connectivity index (χ2v) is 9.73. The Bertz CT molecular complexity index is 1290. The van der Waals surface area contributed by atoms with Crippen LogP contribution in [0.1, 0.15) is 19.3 Å². The second kappa shape index (κ2) is 11.0. The maximum atomic E-state index is 14.5. The highest BCUT2D eigenvalue weighted by Crippen LogP contribution is 2.37. The zero-order chi connectivity index (χ0) is 25.9. The quantitative estimate of drug-likeness (QED) is 0.475. The van der Waals surface area contributed by atoms with E-state index in [1.807, 2.05) is 11.9 Å². The lowest BCUT2D eigenvalue weighted by Gasteiger charge is -2.26. The minimum absolute atomic E-state index is 0.00834. The van der Waals surface area contributed by atoms with Gasteiger partial charge in [-0.3, -0.25) is 9.69 Å². The van der Waals surface area contributed by atoms with E-state index in [2.05, 4.69) is 20.6 Å². The molecule has 2 N–H and O–H groups in total. The van der Waals surface area contributed by atoms with Gasteiger partial charge in [-0.15, -0.1) is 0 Å². The van der Waals surface area contributed by atoms with Crippen molar-refractivity contribution in [2.75, 3.05) is 39.2 Å². The van der Waals surface area contributed by atoms with Crippen LogP contribution >= 0.6 is 11.6 Å². The first-order chi connectivity index (χ1) is 17.9. The molecule has 3 heterocycles. The molecule has 11 heteroatoms. The molecule has 2 aromatic carbocycles. The molecular formula is C26H29ClFN5O4. The van der Waals surface area contributed by atoms with E-state index in [-0.39, 0.29) is 34.8 Å². The third-order valence-corrected chi connectivity index (χ3v) is 7.03. The van der Waals surface area contributed by atoms with Gasteiger partial charge in [-0.25, -0.2) is 14.4 Å². The third-order valence-electron chi connectivity index (χ3n) is 6.74. The minimum atomic E-state index is -0.570. The first-order valence-electron chi connectivity index (χ1n) is 12.2. The number of amides is 1. The summed E-state index contributed by atoms with van der Waals surface area (Å²) in [5.74, 6) is 0.798. The Morgan fingerprint density at radius 3 is 2.92 bits per heavy atom. The fraction of sp³-hybridized carbons (Fsp3) is 0.423. The predicted molar refractivity (Wildman–Crippen MR) is 138 cm³/mol. The summed E-state index contributed by atoms with van der Waals surface area (Å²) in [5, 5.41) is 6.74. The Kier molecular flexibility index (Phi) is 7.59. The molecule has 0 spiro atoms. The lowest BCUT2D eigenvalue weighted by atomic mass is 10.1. The zero-order valence-electron chi connectivity index (χ0n) is 20.7. The van der Waals surface area contributed by atoms with Crippen molar-refractivity contribution in [1.29, 1.82) is 0 Å². The monoisotopic (exact) mass is 529 g/mol. The summed E-state index contributed by atoms with van der Waals surface area (Å²) in [5.41, 5.74) is 0.792. The van der Waals surface area contributed by atoms with Gasteiger partial charge in [0.25, 0.3) is 0 Å². The summed E-state index contributed by atoms with van der Waals surface area (Å²) >= 11 is 5.94. The van der Waals surface area contributed by atoms with Gasteiger partial charge in [0.2, 0.25) is 5.91 Å². The molecule has 196 valence electrons. The van der Waals surface area contributed by atoms with E-state index in [1.165, 1.54) is 12.4 Å². The van der Waals surface area contributed by atoms with Crippen LogP contribution in [0.3, 0.4) is 0 Å². The van der Waals surface area contributed by atoms with Gasteiger partial charge >= 0.3 is 0 Å². The molecule has 0 radical (unpaired) electrons. The number of ether oxygens (including phenoxy) is 3. The largest absolute Gasteiger partial charge is 0.493 e. The van der Waals surface area contributed by atoms with Gasteiger partial charge in [0.05, 0.1) is 42.0 Å². The second-order valence-electron chi connectivity index (χ2n) is 9.32. The van der Waals surface area contributed by atoms with E-state index in [1.54, 1.807) is 31.4 Å². The van der Waals surface area contributed by atoms with Crippen LogP contribution in [0.2, 0.25) is 5.02 Å². The lowest BCUT2D eigenvalue weighted by molar-refractivity contribution is -0.126. The van der Waals surface area contributed by atoms with Gasteiger partial charge in [0.1, 0.15) is 18.2 Å². The number of benzene rings is 2. The molecule has 0 bridgehead atoms. The van der Waals surface area contributed by atoms with Gasteiger partial charge in [0.15, 0.2) is 17.3 Å². The highest BCUT2D eigenvalue weighted by atomic mass is 35.5. The first kappa shape index (κ1) is 25.4. The average Bonchev–Trinajstić information content (AvgIpc) is 3.27. The fourth-order valence-corrected chi connectivity index (χ4v) is 4.99. The smallest absolute Gasteiger partial charge is 0.237 e. The van der Waals surface area contributed by atoms with E-state index < -0.39 is 5.82 Å². The molecule has 2 aliphatic rings. The van der Waals surface area contributed by atoms with Crippen molar-refractivity contribution >= 4 is 39.9 Å². The van der Waals surface area contributed by atoms with Gasteiger partial charge in [-0.2, -0.15) is 0 Å².